The average Bonchev–Trinajstić information content (AvgIpc) is 2.15. The summed E-state index contributed by atoms with van der Waals surface area (Å²) in [7, 11) is 0. The number of pyridine rings is 1. The molecule has 0 radical (unpaired) electrons. The standard InChI is InChI=1S/C9H6N.3CH3.Sn/c1-2-6-9-8(4-1)5-3-7-10-9;;;;/h1-3,5-7H;3*1H3;. The third kappa shape index (κ3) is 1.78. The number of fused-ring (bicyclic) bond motifs is 1. The first kappa shape index (κ1) is 9.96. The van der Waals surface area contributed by atoms with E-state index in [1.54, 1.807) is 3.58 Å². The van der Waals surface area contributed by atoms with Crippen molar-refractivity contribution in [1.82, 2.24) is 4.98 Å². The fourth-order valence-corrected chi connectivity index (χ4v) is 6.37. The summed E-state index contributed by atoms with van der Waals surface area (Å²) in [5.41, 5.74) is 1.14. The summed E-state index contributed by atoms with van der Waals surface area (Å²) in [5, 5.41) is 1.36. The molecule has 1 aromatic carbocycles. The second-order valence-corrected chi connectivity index (χ2v) is 19.0. The van der Waals surface area contributed by atoms with Crippen LogP contribution in [0.1, 0.15) is 0 Å². The second-order valence-electron chi connectivity index (χ2n) is 4.63. The Labute approximate surface area is 89.0 Å². The number of rotatable bonds is 1. The zero-order valence-electron chi connectivity index (χ0n) is 8.91. The van der Waals surface area contributed by atoms with Crippen molar-refractivity contribution in [3.05, 3.63) is 36.5 Å². The van der Waals surface area contributed by atoms with E-state index in [0.717, 1.165) is 5.52 Å². The first-order valence-electron chi connectivity index (χ1n) is 4.93. The van der Waals surface area contributed by atoms with Gasteiger partial charge in [0.05, 0.1) is 0 Å². The van der Waals surface area contributed by atoms with Crippen molar-refractivity contribution in [2.75, 3.05) is 0 Å². The molecule has 0 spiro atoms. The van der Waals surface area contributed by atoms with Crippen molar-refractivity contribution in [1.29, 1.82) is 0 Å². The Balaban J connectivity index is 2.78. The third-order valence-corrected chi connectivity index (χ3v) is 8.31. The van der Waals surface area contributed by atoms with Crippen LogP contribution in [0.2, 0.25) is 14.8 Å². The van der Waals surface area contributed by atoms with Crippen molar-refractivity contribution in [3.63, 3.8) is 0 Å². The molecule has 0 aliphatic rings. The van der Waals surface area contributed by atoms with Crippen molar-refractivity contribution >= 4 is 32.9 Å². The molecule has 1 aromatic heterocycles. The van der Waals surface area contributed by atoms with Gasteiger partial charge in [-0.15, -0.1) is 0 Å². The van der Waals surface area contributed by atoms with Crippen LogP contribution in [0.4, 0.5) is 0 Å². The summed E-state index contributed by atoms with van der Waals surface area (Å²) >= 11 is -1.97. The maximum absolute atomic E-state index is 4.39. The van der Waals surface area contributed by atoms with Crippen LogP contribution in [0.5, 0.6) is 0 Å². The number of aromatic nitrogens is 1. The zero-order valence-corrected chi connectivity index (χ0v) is 11.8. The normalized spacial score (nSPS) is 11.9. The van der Waals surface area contributed by atoms with Gasteiger partial charge in [-0.3, -0.25) is 0 Å². The molecule has 0 bridgehead atoms. The van der Waals surface area contributed by atoms with Crippen molar-refractivity contribution in [3.8, 4) is 0 Å². The summed E-state index contributed by atoms with van der Waals surface area (Å²) in [4.78, 5) is 11.7. The molecule has 0 fully saturated rings. The molecule has 14 heavy (non-hydrogen) atoms. The van der Waals surface area contributed by atoms with Crippen LogP contribution in [0.25, 0.3) is 10.9 Å². The number of hydrogen-bond acceptors (Lipinski definition) is 1. The molecular weight excluding hydrogens is 277 g/mol. The van der Waals surface area contributed by atoms with Gasteiger partial charge >= 0.3 is 89.2 Å². The first-order valence-corrected chi connectivity index (χ1v) is 14.9. The van der Waals surface area contributed by atoms with Crippen molar-refractivity contribution in [2.24, 2.45) is 0 Å². The fourth-order valence-electron chi connectivity index (χ4n) is 1.76. The Morgan fingerprint density at radius 2 is 1.79 bits per heavy atom. The average molecular weight is 292 g/mol. The SMILES string of the molecule is [CH3][Sn]([CH3])([CH3])[c]1cccc2ncccc12. The van der Waals surface area contributed by atoms with Gasteiger partial charge in [-0.05, 0) is 0 Å². The van der Waals surface area contributed by atoms with Gasteiger partial charge in [-0.1, -0.05) is 0 Å². The Morgan fingerprint density at radius 3 is 2.50 bits per heavy atom. The van der Waals surface area contributed by atoms with E-state index in [2.05, 4.69) is 44.1 Å². The predicted octanol–water partition coefficient (Wildman–Crippen LogP) is 2.78. The maximum atomic E-state index is 4.39. The van der Waals surface area contributed by atoms with E-state index in [4.69, 9.17) is 0 Å². The van der Waals surface area contributed by atoms with Crippen molar-refractivity contribution < 1.29 is 0 Å². The second kappa shape index (κ2) is 3.54. The molecule has 2 heteroatoms. The van der Waals surface area contributed by atoms with Gasteiger partial charge in [-0.2, -0.15) is 0 Å². The summed E-state index contributed by atoms with van der Waals surface area (Å²) in [6.07, 6.45) is 1.87. The zero-order chi connectivity index (χ0) is 10.2. The summed E-state index contributed by atoms with van der Waals surface area (Å²) < 4.78 is 1.57. The minimum absolute atomic E-state index is 1.14. The third-order valence-electron chi connectivity index (χ3n) is 2.45. The molecule has 0 aliphatic heterocycles. The van der Waals surface area contributed by atoms with Gasteiger partial charge in [0.2, 0.25) is 0 Å². The Hall–Kier alpha value is -0.571. The van der Waals surface area contributed by atoms with Crippen LogP contribution in [-0.2, 0) is 0 Å². The van der Waals surface area contributed by atoms with E-state index in [1.165, 1.54) is 5.39 Å². The molecule has 1 nitrogen and oxygen atoms in total. The monoisotopic (exact) mass is 293 g/mol. The molecule has 0 atom stereocenters. The number of nitrogens with zero attached hydrogens (tertiary/aromatic N) is 1. The Kier molecular flexibility index (Phi) is 2.52. The van der Waals surface area contributed by atoms with Crippen LogP contribution in [0.15, 0.2) is 36.5 Å². The molecule has 2 rings (SSSR count). The van der Waals surface area contributed by atoms with Gasteiger partial charge in [0.1, 0.15) is 0 Å². The van der Waals surface area contributed by atoms with Crippen LogP contribution >= 0.6 is 0 Å². The molecule has 0 aliphatic carbocycles. The van der Waals surface area contributed by atoms with E-state index in [0.29, 0.717) is 0 Å². The number of benzene rings is 1. The minimum atomic E-state index is -1.97. The van der Waals surface area contributed by atoms with Gasteiger partial charge in [0.25, 0.3) is 0 Å². The summed E-state index contributed by atoms with van der Waals surface area (Å²) in [5.74, 6) is 0. The quantitative estimate of drug-likeness (QED) is 0.736. The molecule has 2 aromatic rings. The fraction of sp³-hybridized carbons (Fsp3) is 0.250. The summed E-state index contributed by atoms with van der Waals surface area (Å²) in [6, 6.07) is 10.7. The molecule has 0 amide bonds. The first-order chi connectivity index (χ1) is 6.59. The van der Waals surface area contributed by atoms with Gasteiger partial charge in [-0.25, -0.2) is 0 Å². The van der Waals surface area contributed by atoms with E-state index in [-0.39, 0.29) is 0 Å². The molecule has 0 saturated heterocycles. The molecule has 72 valence electrons. The topological polar surface area (TPSA) is 12.9 Å². The van der Waals surface area contributed by atoms with Crippen LogP contribution in [-0.4, -0.2) is 23.4 Å². The van der Waals surface area contributed by atoms with Crippen LogP contribution in [0, 0.1) is 0 Å². The van der Waals surface area contributed by atoms with Gasteiger partial charge < -0.3 is 0 Å². The molecule has 0 saturated carbocycles. The molecular formula is C12H15NSn. The van der Waals surface area contributed by atoms with Gasteiger partial charge in [0.15, 0.2) is 0 Å². The van der Waals surface area contributed by atoms with Crippen LogP contribution in [0.3, 0.4) is 0 Å². The molecule has 0 N–H and O–H groups in total. The van der Waals surface area contributed by atoms with Gasteiger partial charge in [0, 0.05) is 0 Å². The van der Waals surface area contributed by atoms with E-state index in [9.17, 15) is 0 Å². The Bertz CT molecular complexity index is 452. The van der Waals surface area contributed by atoms with E-state index >= 15 is 0 Å². The van der Waals surface area contributed by atoms with Crippen LogP contribution < -0.4 is 3.58 Å². The number of hydrogen-bond donors (Lipinski definition) is 0. The molecule has 1 heterocycles. The van der Waals surface area contributed by atoms with Crippen molar-refractivity contribution in [2.45, 2.75) is 14.8 Å². The Morgan fingerprint density at radius 1 is 1.00 bits per heavy atom. The summed E-state index contributed by atoms with van der Waals surface area (Å²) in [6.45, 7) is 0. The van der Waals surface area contributed by atoms with E-state index < -0.39 is 18.4 Å². The molecule has 0 unspecified atom stereocenters. The van der Waals surface area contributed by atoms with E-state index in [1.807, 2.05) is 12.3 Å². The predicted molar refractivity (Wildman–Crippen MR) is 64.7 cm³/mol.